The van der Waals surface area contributed by atoms with E-state index in [4.69, 9.17) is 6.42 Å². The van der Waals surface area contributed by atoms with E-state index in [-0.39, 0.29) is 35.0 Å². The fourth-order valence-corrected chi connectivity index (χ4v) is 6.97. The molecule has 4 heterocycles. The lowest BCUT2D eigenvalue weighted by Gasteiger charge is -2.37. The topological polar surface area (TPSA) is 73.7 Å². The third kappa shape index (κ3) is 6.71. The van der Waals surface area contributed by atoms with E-state index in [1.165, 1.54) is 6.08 Å². The molecule has 2 aromatic rings. The number of rotatable bonds is 12. The zero-order chi connectivity index (χ0) is 34.2. The predicted molar refractivity (Wildman–Crippen MR) is 179 cm³/mol. The molecule has 1 aromatic heterocycles. The zero-order valence-electron chi connectivity index (χ0n) is 27.6. The molecule has 9 heteroatoms. The number of hydrogen-bond donors (Lipinski definition) is 1. The van der Waals surface area contributed by atoms with Crippen molar-refractivity contribution in [3.8, 4) is 23.5 Å². The van der Waals surface area contributed by atoms with Crippen molar-refractivity contribution in [1.29, 1.82) is 0 Å². The number of likely N-dealkylation sites (tertiary alicyclic amines) is 1. The summed E-state index contributed by atoms with van der Waals surface area (Å²) in [5.74, 6) is 0.814. The molecule has 0 bridgehead atoms. The highest BCUT2D eigenvalue weighted by molar-refractivity contribution is 5.81. The maximum Gasteiger partial charge on any atom is 0.342 e. The standard InChI is InChI=1S/C38H42F2N4O3/c1-8-33-31(37-24(4)10-9-11-25(37)5)16-29(18-41-33)35(17-36(45)46)44(22-26(44)6)38(47)34(14-23(2)3)43-19-28(15-32(40)27(43)7)12-13-42-20-30(39)21-42/h1,9-11,15-16,18-19,23,30,34-35H,6-7,12-14,17,20-22H2,2-5H3/p+1/t34-,35-,44?/m0/s1. The molecule has 2 fully saturated rings. The summed E-state index contributed by atoms with van der Waals surface area (Å²) in [5.41, 5.74) is 5.87. The van der Waals surface area contributed by atoms with Crippen LogP contribution in [-0.2, 0) is 9.59 Å². The van der Waals surface area contributed by atoms with Crippen LogP contribution in [0.3, 0.4) is 0 Å². The van der Waals surface area contributed by atoms with Gasteiger partial charge in [-0.3, -0.25) is 9.69 Å². The van der Waals surface area contributed by atoms with Gasteiger partial charge in [0.25, 0.3) is 0 Å². The lowest BCUT2D eigenvalue weighted by Crippen LogP contribution is -2.51. The SMILES string of the molecule is C#Cc1ncc([C@H](CC(=O)O)[N+]2(C(=O)[C@H](CC(C)C)N3C=C(CCN4CC(F)C4)C=C(F)C3=C)CC2=C)cc1-c1c(C)cccc1C. The van der Waals surface area contributed by atoms with Crippen LogP contribution in [0.2, 0.25) is 0 Å². The number of hydrogen-bond acceptors (Lipinski definition) is 5. The molecule has 3 atom stereocenters. The smallest absolute Gasteiger partial charge is 0.342 e. The summed E-state index contributed by atoms with van der Waals surface area (Å²) in [4.78, 5) is 35.5. The predicted octanol–water partition coefficient (Wildman–Crippen LogP) is 6.76. The zero-order valence-corrected chi connectivity index (χ0v) is 27.6. The molecule has 0 radical (unpaired) electrons. The number of alkyl halides is 1. The van der Waals surface area contributed by atoms with Crippen molar-refractivity contribution in [3.63, 3.8) is 0 Å². The number of carbonyl (C=O) groups is 2. The Bertz CT molecular complexity index is 1710. The summed E-state index contributed by atoms with van der Waals surface area (Å²) < 4.78 is 28.5. The van der Waals surface area contributed by atoms with Crippen LogP contribution in [0.5, 0.6) is 0 Å². The number of carbonyl (C=O) groups excluding carboxylic acids is 1. The van der Waals surface area contributed by atoms with E-state index < -0.39 is 30.1 Å². The largest absolute Gasteiger partial charge is 0.481 e. The van der Waals surface area contributed by atoms with Gasteiger partial charge < -0.3 is 10.0 Å². The maximum absolute atomic E-state index is 15.4. The van der Waals surface area contributed by atoms with Crippen LogP contribution in [0.1, 0.15) is 61.5 Å². The molecule has 1 amide bonds. The lowest BCUT2D eigenvalue weighted by atomic mass is 9.91. The average Bonchev–Trinajstić information content (AvgIpc) is 3.68. The van der Waals surface area contributed by atoms with Crippen molar-refractivity contribution in [2.75, 3.05) is 26.2 Å². The number of aromatic nitrogens is 1. The molecular formula is C38H43F2N4O3+. The number of allylic oxidation sites excluding steroid dienone is 2. The number of nitrogens with zero attached hydrogens (tertiary/aromatic N) is 4. The van der Waals surface area contributed by atoms with Gasteiger partial charge in [0.2, 0.25) is 0 Å². The molecule has 7 nitrogen and oxygen atoms in total. The van der Waals surface area contributed by atoms with Crippen LogP contribution < -0.4 is 0 Å². The van der Waals surface area contributed by atoms with E-state index >= 15 is 4.39 Å². The molecule has 3 aliphatic heterocycles. The van der Waals surface area contributed by atoms with Gasteiger partial charge in [-0.2, -0.15) is 0 Å². The number of quaternary nitrogens is 1. The van der Waals surface area contributed by atoms with Crippen molar-refractivity contribution in [3.05, 3.63) is 101 Å². The van der Waals surface area contributed by atoms with Crippen molar-refractivity contribution in [2.45, 2.75) is 65.2 Å². The fraction of sp³-hybridized carbons (Fsp3) is 0.395. The molecule has 2 saturated heterocycles. The van der Waals surface area contributed by atoms with E-state index in [2.05, 4.69) is 24.1 Å². The quantitative estimate of drug-likeness (QED) is 0.157. The summed E-state index contributed by atoms with van der Waals surface area (Å²) in [5, 5.41) is 10.1. The number of pyridine rings is 1. The van der Waals surface area contributed by atoms with Crippen molar-refractivity contribution in [2.24, 2.45) is 5.92 Å². The molecule has 1 N–H and O–H groups in total. The normalized spacial score (nSPS) is 21.1. The minimum Gasteiger partial charge on any atom is -0.481 e. The molecule has 0 spiro atoms. The highest BCUT2D eigenvalue weighted by Gasteiger charge is 2.64. The van der Waals surface area contributed by atoms with Crippen molar-refractivity contribution >= 4 is 11.9 Å². The summed E-state index contributed by atoms with van der Waals surface area (Å²) in [6, 6.07) is 6.09. The summed E-state index contributed by atoms with van der Waals surface area (Å²) in [7, 11) is 0. The van der Waals surface area contributed by atoms with E-state index in [9.17, 15) is 19.1 Å². The highest BCUT2D eigenvalue weighted by atomic mass is 19.1. The minimum absolute atomic E-state index is 0.0449. The van der Waals surface area contributed by atoms with Gasteiger partial charge >= 0.3 is 11.9 Å². The second-order valence-corrected chi connectivity index (χ2v) is 13.4. The second-order valence-electron chi connectivity index (χ2n) is 13.4. The molecule has 5 rings (SSSR count). The number of benzene rings is 1. The van der Waals surface area contributed by atoms with Crippen LogP contribution in [0.15, 0.2) is 78.7 Å². The Kier molecular flexibility index (Phi) is 9.67. The lowest BCUT2D eigenvalue weighted by molar-refractivity contribution is -0.737. The molecule has 1 aromatic carbocycles. The number of aryl methyl sites for hydroxylation is 2. The van der Waals surface area contributed by atoms with Crippen LogP contribution in [0, 0.1) is 32.1 Å². The average molecular weight is 642 g/mol. The number of carboxylic acid groups (broad SMARTS) is 1. The van der Waals surface area contributed by atoms with Gasteiger partial charge in [0.1, 0.15) is 36.2 Å². The van der Waals surface area contributed by atoms with Gasteiger partial charge in [0.05, 0.1) is 5.70 Å². The number of carboxylic acids is 1. The molecule has 0 aliphatic carbocycles. The highest BCUT2D eigenvalue weighted by Crippen LogP contribution is 2.50. The van der Waals surface area contributed by atoms with Gasteiger partial charge in [-0.15, -0.1) is 6.42 Å². The first-order valence-electron chi connectivity index (χ1n) is 16.0. The van der Waals surface area contributed by atoms with Gasteiger partial charge in [0.15, 0.2) is 12.2 Å². The maximum atomic E-state index is 15.4. The Hall–Kier alpha value is -4.39. The van der Waals surface area contributed by atoms with Crippen LogP contribution >= 0.6 is 0 Å². The van der Waals surface area contributed by atoms with Crippen LogP contribution in [0.25, 0.3) is 11.1 Å². The van der Waals surface area contributed by atoms with Gasteiger partial charge in [0, 0.05) is 43.2 Å². The van der Waals surface area contributed by atoms with Gasteiger partial charge in [-0.1, -0.05) is 38.6 Å². The second kappa shape index (κ2) is 13.4. The van der Waals surface area contributed by atoms with E-state index in [0.29, 0.717) is 60.6 Å². The molecular weight excluding hydrogens is 598 g/mol. The number of halogens is 2. The Morgan fingerprint density at radius 2 is 1.87 bits per heavy atom. The Morgan fingerprint density at radius 3 is 2.43 bits per heavy atom. The molecule has 246 valence electrons. The van der Waals surface area contributed by atoms with E-state index in [1.54, 1.807) is 17.3 Å². The van der Waals surface area contributed by atoms with E-state index in [1.807, 2.05) is 56.9 Å². The molecule has 0 saturated carbocycles. The number of aliphatic carboxylic acids is 1. The van der Waals surface area contributed by atoms with Crippen LogP contribution in [0.4, 0.5) is 8.78 Å². The summed E-state index contributed by atoms with van der Waals surface area (Å²) in [6.45, 7) is 17.6. The molecule has 47 heavy (non-hydrogen) atoms. The van der Waals surface area contributed by atoms with Crippen LogP contribution in [-0.4, -0.2) is 74.6 Å². The number of amides is 1. The fourth-order valence-electron chi connectivity index (χ4n) is 6.97. The Balaban J connectivity index is 1.56. The molecule has 1 unspecified atom stereocenters. The first kappa shape index (κ1) is 34.0. The first-order chi connectivity index (χ1) is 22.3. The third-order valence-corrected chi connectivity index (χ3v) is 9.52. The summed E-state index contributed by atoms with van der Waals surface area (Å²) >= 11 is 0. The van der Waals surface area contributed by atoms with E-state index in [0.717, 1.165) is 16.7 Å². The van der Waals surface area contributed by atoms with Gasteiger partial charge in [-0.05, 0) is 79.5 Å². The molecule has 3 aliphatic rings. The van der Waals surface area contributed by atoms with Gasteiger partial charge in [-0.25, -0.2) is 23.0 Å². The Labute approximate surface area is 276 Å². The number of terminal acetylenes is 1. The first-order valence-corrected chi connectivity index (χ1v) is 16.0. The van der Waals surface area contributed by atoms with Crippen molar-refractivity contribution in [1.82, 2.24) is 14.8 Å². The Morgan fingerprint density at radius 1 is 1.21 bits per heavy atom. The third-order valence-electron chi connectivity index (χ3n) is 9.52. The monoisotopic (exact) mass is 641 g/mol. The summed E-state index contributed by atoms with van der Waals surface area (Å²) in [6.07, 6.45) is 10.3. The van der Waals surface area contributed by atoms with Crippen molar-refractivity contribution < 1.29 is 28.0 Å². The minimum atomic E-state index is -1.07.